The monoisotopic (exact) mass is 434 g/mol. The van der Waals surface area contributed by atoms with E-state index >= 15 is 0 Å². The van der Waals surface area contributed by atoms with Crippen LogP contribution in [0.1, 0.15) is 46.5 Å². The molecule has 3 heterocycles. The van der Waals surface area contributed by atoms with Gasteiger partial charge < -0.3 is 14.6 Å². The summed E-state index contributed by atoms with van der Waals surface area (Å²) in [6.45, 7) is 0. The van der Waals surface area contributed by atoms with Gasteiger partial charge in [-0.05, 0) is 49.3 Å². The molecule has 3 atom stereocenters. The zero-order valence-corrected chi connectivity index (χ0v) is 18.4. The van der Waals surface area contributed by atoms with E-state index in [0.717, 1.165) is 17.7 Å². The number of carbonyl (C=O) groups is 2. The summed E-state index contributed by atoms with van der Waals surface area (Å²) in [6, 6.07) is 5.56. The summed E-state index contributed by atoms with van der Waals surface area (Å²) in [6.07, 6.45) is 8.02. The fourth-order valence-electron chi connectivity index (χ4n) is 5.09. The summed E-state index contributed by atoms with van der Waals surface area (Å²) < 4.78 is 4.80. The van der Waals surface area contributed by atoms with E-state index in [1.165, 1.54) is 37.5 Å². The maximum atomic E-state index is 12.4. The fraction of sp³-hybridized carbons (Fsp3) is 0.435. The molecule has 166 valence electrons. The van der Waals surface area contributed by atoms with Gasteiger partial charge >= 0.3 is 5.97 Å². The molecular formula is C23H26N6O3. The van der Waals surface area contributed by atoms with Crippen molar-refractivity contribution in [2.24, 2.45) is 11.8 Å². The molecule has 0 aromatic carbocycles. The van der Waals surface area contributed by atoms with E-state index in [1.54, 1.807) is 32.4 Å². The first-order chi connectivity index (χ1) is 15.4. The van der Waals surface area contributed by atoms with Crippen molar-refractivity contribution in [3.8, 4) is 0 Å². The third kappa shape index (κ3) is 3.47. The van der Waals surface area contributed by atoms with Crippen molar-refractivity contribution in [3.63, 3.8) is 0 Å². The van der Waals surface area contributed by atoms with Crippen LogP contribution in [0.5, 0.6) is 0 Å². The van der Waals surface area contributed by atoms with Gasteiger partial charge in [0.05, 0.1) is 12.7 Å². The van der Waals surface area contributed by atoms with Gasteiger partial charge in [0.1, 0.15) is 17.2 Å². The van der Waals surface area contributed by atoms with E-state index in [2.05, 4.69) is 19.9 Å². The maximum absolute atomic E-state index is 12.4. The Labute approximate surface area is 185 Å². The average Bonchev–Trinajstić information content (AvgIpc) is 3.54. The number of H-pyrrole nitrogens is 1. The molecule has 3 aromatic rings. The van der Waals surface area contributed by atoms with E-state index in [4.69, 9.17) is 9.72 Å². The first-order valence-corrected chi connectivity index (χ1v) is 10.9. The minimum atomic E-state index is -0.419. The maximum Gasteiger partial charge on any atom is 0.339 e. The Morgan fingerprint density at radius 3 is 2.59 bits per heavy atom. The lowest BCUT2D eigenvalue weighted by Crippen LogP contribution is -2.37. The summed E-state index contributed by atoms with van der Waals surface area (Å²) in [5.41, 5.74) is 1.49. The van der Waals surface area contributed by atoms with Crippen LogP contribution in [0.25, 0.3) is 11.0 Å². The lowest BCUT2D eigenvalue weighted by Gasteiger charge is -2.33. The van der Waals surface area contributed by atoms with Gasteiger partial charge in [-0.15, -0.1) is 0 Å². The molecule has 2 fully saturated rings. The highest BCUT2D eigenvalue weighted by Gasteiger charge is 2.44. The summed E-state index contributed by atoms with van der Waals surface area (Å²) >= 11 is 0. The van der Waals surface area contributed by atoms with Crippen LogP contribution in [0.2, 0.25) is 0 Å². The predicted octanol–water partition coefficient (Wildman–Crippen LogP) is 3.17. The van der Waals surface area contributed by atoms with Crippen molar-refractivity contribution in [2.45, 2.75) is 31.7 Å². The Kier molecular flexibility index (Phi) is 5.03. The fourth-order valence-corrected chi connectivity index (χ4v) is 5.09. The lowest BCUT2D eigenvalue weighted by atomic mass is 9.94. The normalized spacial score (nSPS) is 21.7. The number of fused-ring (bicyclic) bond motifs is 3. The molecule has 1 N–H and O–H groups in total. The van der Waals surface area contributed by atoms with Crippen LogP contribution in [-0.2, 0) is 4.74 Å². The zero-order chi connectivity index (χ0) is 22.4. The Morgan fingerprint density at radius 2 is 1.97 bits per heavy atom. The number of anilines is 2. The second-order valence-corrected chi connectivity index (χ2v) is 8.87. The van der Waals surface area contributed by atoms with Crippen LogP contribution in [0.15, 0.2) is 30.6 Å². The number of nitrogens with zero attached hydrogens (tertiary/aromatic N) is 5. The van der Waals surface area contributed by atoms with E-state index in [9.17, 15) is 9.59 Å². The van der Waals surface area contributed by atoms with Gasteiger partial charge in [0.15, 0.2) is 0 Å². The average molecular weight is 435 g/mol. The summed E-state index contributed by atoms with van der Waals surface area (Å²) in [7, 11) is 4.78. The summed E-state index contributed by atoms with van der Waals surface area (Å²) in [5.74, 6) is 1.99. The highest BCUT2D eigenvalue weighted by molar-refractivity contribution is 5.97. The smallest absolute Gasteiger partial charge is 0.339 e. The van der Waals surface area contributed by atoms with Crippen molar-refractivity contribution < 1.29 is 14.3 Å². The minimum absolute atomic E-state index is 0.116. The lowest BCUT2D eigenvalue weighted by molar-refractivity contribution is 0.0600. The number of aromatic nitrogens is 4. The van der Waals surface area contributed by atoms with Crippen molar-refractivity contribution in [2.75, 3.05) is 26.1 Å². The molecule has 5 rings (SSSR count). The van der Waals surface area contributed by atoms with E-state index in [0.29, 0.717) is 34.6 Å². The largest absolute Gasteiger partial charge is 0.465 e. The van der Waals surface area contributed by atoms with Gasteiger partial charge in [-0.1, -0.05) is 6.42 Å². The van der Waals surface area contributed by atoms with E-state index in [-0.39, 0.29) is 11.9 Å². The van der Waals surface area contributed by atoms with Gasteiger partial charge in [0.2, 0.25) is 5.95 Å². The number of hydrogen-bond donors (Lipinski definition) is 1. The van der Waals surface area contributed by atoms with Crippen LogP contribution < -0.4 is 4.90 Å². The molecule has 2 saturated carbocycles. The quantitative estimate of drug-likeness (QED) is 0.615. The topological polar surface area (TPSA) is 104 Å². The molecule has 0 saturated heterocycles. The Hall–Kier alpha value is -3.49. The highest BCUT2D eigenvalue weighted by atomic mass is 16.5. The first-order valence-electron chi connectivity index (χ1n) is 10.9. The highest BCUT2D eigenvalue weighted by Crippen LogP contribution is 2.48. The molecule has 0 aliphatic heterocycles. The molecule has 2 bridgehead atoms. The standard InChI is InChI=1S/C23H26N6O3/c1-28(2)21(30)17-10-16-12-25-23(27-20(16)26-17)29(18-9-13-4-5-14(18)8-13)19-7-6-15(11-24-19)22(31)32-3/h6-7,10-14,18H,4-5,8-9H2,1-3H3,(H,25,26,27). The number of esters is 1. The molecule has 0 spiro atoms. The van der Waals surface area contributed by atoms with Gasteiger partial charge in [0.25, 0.3) is 5.91 Å². The van der Waals surface area contributed by atoms with Gasteiger partial charge in [-0.3, -0.25) is 9.69 Å². The SMILES string of the molecule is COC(=O)c1ccc(N(c2ncc3cc(C(=O)N(C)C)[nH]c3n2)C2CC3CCC2C3)nc1. The molecule has 3 unspecified atom stereocenters. The van der Waals surface area contributed by atoms with Crippen LogP contribution in [0.4, 0.5) is 11.8 Å². The third-order valence-electron chi connectivity index (χ3n) is 6.66. The second-order valence-electron chi connectivity index (χ2n) is 8.87. The number of amides is 1. The Morgan fingerprint density at radius 1 is 1.12 bits per heavy atom. The van der Waals surface area contributed by atoms with E-state index < -0.39 is 5.97 Å². The second kappa shape index (κ2) is 7.89. The predicted molar refractivity (Wildman–Crippen MR) is 119 cm³/mol. The van der Waals surface area contributed by atoms with Gasteiger partial charge in [-0.2, -0.15) is 4.98 Å². The Bertz CT molecular complexity index is 1170. The molecule has 2 aliphatic rings. The molecule has 9 heteroatoms. The number of carbonyl (C=O) groups excluding carboxylic acids is 2. The van der Waals surface area contributed by atoms with Crippen LogP contribution in [0.3, 0.4) is 0 Å². The molecule has 2 aliphatic carbocycles. The number of aromatic amines is 1. The van der Waals surface area contributed by atoms with Crippen molar-refractivity contribution in [1.29, 1.82) is 0 Å². The van der Waals surface area contributed by atoms with Crippen LogP contribution in [-0.4, -0.2) is 64.0 Å². The minimum Gasteiger partial charge on any atom is -0.465 e. The first kappa shape index (κ1) is 20.4. The third-order valence-corrected chi connectivity index (χ3v) is 6.66. The van der Waals surface area contributed by atoms with E-state index in [1.807, 2.05) is 6.07 Å². The van der Waals surface area contributed by atoms with Crippen molar-refractivity contribution in [1.82, 2.24) is 24.8 Å². The summed E-state index contributed by atoms with van der Waals surface area (Å²) in [5, 5.41) is 0.779. The zero-order valence-electron chi connectivity index (χ0n) is 18.4. The summed E-state index contributed by atoms with van der Waals surface area (Å²) in [4.78, 5) is 44.9. The molecule has 32 heavy (non-hydrogen) atoms. The molecule has 9 nitrogen and oxygen atoms in total. The van der Waals surface area contributed by atoms with Crippen LogP contribution >= 0.6 is 0 Å². The number of methoxy groups -OCH3 is 1. The Balaban J connectivity index is 1.55. The number of ether oxygens (including phenoxy) is 1. The number of pyridine rings is 1. The molecular weight excluding hydrogens is 408 g/mol. The molecule has 1 amide bonds. The molecule has 3 aromatic heterocycles. The van der Waals surface area contributed by atoms with Gasteiger partial charge in [-0.25, -0.2) is 14.8 Å². The number of rotatable bonds is 5. The number of hydrogen-bond acceptors (Lipinski definition) is 7. The van der Waals surface area contributed by atoms with Crippen molar-refractivity contribution in [3.05, 3.63) is 41.9 Å². The van der Waals surface area contributed by atoms with Crippen molar-refractivity contribution >= 4 is 34.7 Å². The number of nitrogens with one attached hydrogen (secondary N) is 1. The molecule has 0 radical (unpaired) electrons. The van der Waals surface area contributed by atoms with Crippen LogP contribution in [0, 0.1) is 11.8 Å². The van der Waals surface area contributed by atoms with Gasteiger partial charge in [0, 0.05) is 37.9 Å².